The first-order valence-electron chi connectivity index (χ1n) is 7.32. The quantitative estimate of drug-likeness (QED) is 0.748. The van der Waals surface area contributed by atoms with Crippen molar-refractivity contribution in [1.82, 2.24) is 0 Å². The number of para-hydroxylation sites is 1. The molecule has 0 amide bonds. The third kappa shape index (κ3) is 3.28. The average Bonchev–Trinajstić information content (AvgIpc) is 2.40. The highest BCUT2D eigenvalue weighted by atomic mass is 16.5. The molecule has 1 aliphatic carbocycles. The van der Waals surface area contributed by atoms with Crippen molar-refractivity contribution in [2.24, 2.45) is 17.8 Å². The fraction of sp³-hybridized carbons (Fsp3) is 0.647. The Morgan fingerprint density at radius 1 is 1.11 bits per heavy atom. The molecule has 1 heteroatoms. The van der Waals surface area contributed by atoms with E-state index in [2.05, 4.69) is 38.1 Å². The van der Waals surface area contributed by atoms with Gasteiger partial charge in [-0.15, -0.1) is 0 Å². The molecule has 1 aliphatic rings. The van der Waals surface area contributed by atoms with E-state index in [1.807, 2.05) is 0 Å². The van der Waals surface area contributed by atoms with Crippen molar-refractivity contribution < 1.29 is 4.74 Å². The van der Waals surface area contributed by atoms with Gasteiger partial charge in [0.15, 0.2) is 0 Å². The van der Waals surface area contributed by atoms with Gasteiger partial charge in [-0.2, -0.15) is 0 Å². The van der Waals surface area contributed by atoms with Crippen LogP contribution >= 0.6 is 0 Å². The molecule has 1 aromatic carbocycles. The highest BCUT2D eigenvalue weighted by Gasteiger charge is 2.23. The molecule has 1 aromatic rings. The van der Waals surface area contributed by atoms with Crippen LogP contribution in [0.3, 0.4) is 0 Å². The first kappa shape index (κ1) is 13.5. The van der Waals surface area contributed by atoms with Gasteiger partial charge in [-0.25, -0.2) is 0 Å². The number of ether oxygens (including phenoxy) is 1. The minimum atomic E-state index is 0.858. The molecule has 0 spiro atoms. The topological polar surface area (TPSA) is 9.23 Å². The molecule has 0 bridgehead atoms. The van der Waals surface area contributed by atoms with E-state index < -0.39 is 0 Å². The summed E-state index contributed by atoms with van der Waals surface area (Å²) in [6.07, 6.45) is 6.80. The normalized spacial score (nSPS) is 24.2. The Labute approximate surface area is 112 Å². The van der Waals surface area contributed by atoms with Crippen LogP contribution in [0.4, 0.5) is 0 Å². The van der Waals surface area contributed by atoms with Crippen LogP contribution in [-0.2, 0) is 6.42 Å². The monoisotopic (exact) mass is 246 g/mol. The zero-order chi connectivity index (χ0) is 13.0. The summed E-state index contributed by atoms with van der Waals surface area (Å²) in [4.78, 5) is 0. The van der Waals surface area contributed by atoms with Gasteiger partial charge in [0.2, 0.25) is 0 Å². The lowest BCUT2D eigenvalue weighted by Crippen LogP contribution is -2.20. The molecule has 100 valence electrons. The fourth-order valence-electron chi connectivity index (χ4n) is 3.24. The molecule has 1 saturated carbocycles. The number of benzene rings is 1. The van der Waals surface area contributed by atoms with Crippen molar-refractivity contribution in [2.45, 2.75) is 46.0 Å². The van der Waals surface area contributed by atoms with Gasteiger partial charge in [-0.3, -0.25) is 0 Å². The Kier molecular flexibility index (Phi) is 4.68. The van der Waals surface area contributed by atoms with Gasteiger partial charge in [-0.05, 0) is 61.5 Å². The van der Waals surface area contributed by atoms with Gasteiger partial charge in [0.25, 0.3) is 0 Å². The Morgan fingerprint density at radius 3 is 2.39 bits per heavy atom. The molecule has 1 fully saturated rings. The SMILES string of the molecule is COc1ccccc1CC1CCC(C(C)C)CC1. The van der Waals surface area contributed by atoms with Crippen molar-refractivity contribution in [2.75, 3.05) is 7.11 Å². The molecule has 0 saturated heterocycles. The molecule has 18 heavy (non-hydrogen) atoms. The average molecular weight is 246 g/mol. The van der Waals surface area contributed by atoms with Crippen LogP contribution in [0, 0.1) is 17.8 Å². The molecule has 0 atom stereocenters. The lowest BCUT2D eigenvalue weighted by atomic mass is 9.75. The van der Waals surface area contributed by atoms with Crippen LogP contribution in [0.2, 0.25) is 0 Å². The van der Waals surface area contributed by atoms with Crippen LogP contribution < -0.4 is 4.74 Å². The highest BCUT2D eigenvalue weighted by Crippen LogP contribution is 2.35. The summed E-state index contributed by atoms with van der Waals surface area (Å²) in [5.41, 5.74) is 1.38. The molecule has 1 nitrogen and oxygen atoms in total. The molecule has 0 aromatic heterocycles. The first-order chi connectivity index (χ1) is 8.70. The Balaban J connectivity index is 1.91. The molecular weight excluding hydrogens is 220 g/mol. The van der Waals surface area contributed by atoms with E-state index in [-0.39, 0.29) is 0 Å². The van der Waals surface area contributed by atoms with Gasteiger partial charge in [0.1, 0.15) is 5.75 Å². The Hall–Kier alpha value is -0.980. The van der Waals surface area contributed by atoms with Crippen molar-refractivity contribution in [3.63, 3.8) is 0 Å². The minimum Gasteiger partial charge on any atom is -0.496 e. The molecule has 0 heterocycles. The second-order valence-corrected chi connectivity index (χ2v) is 6.04. The van der Waals surface area contributed by atoms with Crippen LogP contribution in [0.1, 0.15) is 45.1 Å². The Bertz CT molecular complexity index is 362. The second-order valence-electron chi connectivity index (χ2n) is 6.04. The Morgan fingerprint density at radius 2 is 1.78 bits per heavy atom. The maximum atomic E-state index is 5.45. The number of rotatable bonds is 4. The largest absolute Gasteiger partial charge is 0.496 e. The summed E-state index contributed by atoms with van der Waals surface area (Å²) in [5.74, 6) is 3.73. The first-order valence-corrected chi connectivity index (χ1v) is 7.32. The second kappa shape index (κ2) is 6.26. The summed E-state index contributed by atoms with van der Waals surface area (Å²) in [6.45, 7) is 4.73. The lowest BCUT2D eigenvalue weighted by molar-refractivity contribution is 0.222. The third-order valence-corrected chi connectivity index (χ3v) is 4.54. The van der Waals surface area contributed by atoms with E-state index in [1.54, 1.807) is 7.11 Å². The summed E-state index contributed by atoms with van der Waals surface area (Å²) < 4.78 is 5.45. The summed E-state index contributed by atoms with van der Waals surface area (Å²) in [5, 5.41) is 0. The summed E-state index contributed by atoms with van der Waals surface area (Å²) in [7, 11) is 1.77. The van der Waals surface area contributed by atoms with Crippen LogP contribution in [0.5, 0.6) is 5.75 Å². The van der Waals surface area contributed by atoms with Crippen molar-refractivity contribution >= 4 is 0 Å². The van der Waals surface area contributed by atoms with Crippen molar-refractivity contribution in [3.8, 4) is 5.75 Å². The maximum Gasteiger partial charge on any atom is 0.122 e. The molecule has 0 N–H and O–H groups in total. The maximum absolute atomic E-state index is 5.45. The summed E-state index contributed by atoms with van der Waals surface area (Å²) >= 11 is 0. The number of hydrogen-bond donors (Lipinski definition) is 0. The molecule has 0 aliphatic heterocycles. The van der Waals surface area contributed by atoms with E-state index >= 15 is 0 Å². The van der Waals surface area contributed by atoms with Crippen molar-refractivity contribution in [3.05, 3.63) is 29.8 Å². The zero-order valence-electron chi connectivity index (χ0n) is 12.0. The van der Waals surface area contributed by atoms with Gasteiger partial charge < -0.3 is 4.74 Å². The summed E-state index contributed by atoms with van der Waals surface area (Å²) in [6, 6.07) is 8.47. The number of methoxy groups -OCH3 is 1. The predicted octanol–water partition coefficient (Wildman–Crippen LogP) is 4.70. The third-order valence-electron chi connectivity index (χ3n) is 4.54. The fourth-order valence-corrected chi connectivity index (χ4v) is 3.24. The van der Waals surface area contributed by atoms with Crippen LogP contribution in [0.25, 0.3) is 0 Å². The molecular formula is C17H26O. The van der Waals surface area contributed by atoms with E-state index in [0.29, 0.717) is 0 Å². The zero-order valence-corrected chi connectivity index (χ0v) is 12.0. The van der Waals surface area contributed by atoms with Crippen LogP contribution in [-0.4, -0.2) is 7.11 Å². The smallest absolute Gasteiger partial charge is 0.122 e. The lowest BCUT2D eigenvalue weighted by Gasteiger charge is -2.31. The standard InChI is InChI=1S/C17H26O/c1-13(2)15-10-8-14(9-11-15)12-16-6-4-5-7-17(16)18-3/h4-7,13-15H,8-12H2,1-3H3. The predicted molar refractivity (Wildman–Crippen MR) is 77.0 cm³/mol. The van der Waals surface area contributed by atoms with Gasteiger partial charge >= 0.3 is 0 Å². The van der Waals surface area contributed by atoms with E-state index in [1.165, 1.54) is 37.7 Å². The van der Waals surface area contributed by atoms with E-state index in [0.717, 1.165) is 23.5 Å². The van der Waals surface area contributed by atoms with Crippen LogP contribution in [0.15, 0.2) is 24.3 Å². The highest BCUT2D eigenvalue weighted by molar-refractivity contribution is 5.33. The van der Waals surface area contributed by atoms with Gasteiger partial charge in [0, 0.05) is 0 Å². The van der Waals surface area contributed by atoms with Crippen molar-refractivity contribution in [1.29, 1.82) is 0 Å². The molecule has 2 rings (SSSR count). The van der Waals surface area contributed by atoms with E-state index in [9.17, 15) is 0 Å². The van der Waals surface area contributed by atoms with E-state index in [4.69, 9.17) is 4.74 Å². The van der Waals surface area contributed by atoms with Gasteiger partial charge in [-0.1, -0.05) is 32.0 Å². The van der Waals surface area contributed by atoms with Gasteiger partial charge in [0.05, 0.1) is 7.11 Å². The molecule has 0 radical (unpaired) electrons. The molecule has 0 unspecified atom stereocenters. The minimum absolute atomic E-state index is 0.858. The number of hydrogen-bond acceptors (Lipinski definition) is 1.